The maximum absolute atomic E-state index is 6.83. The fraction of sp³-hybridized carbons (Fsp3) is 0.0154. The van der Waals surface area contributed by atoms with E-state index >= 15 is 0 Å². The minimum absolute atomic E-state index is 0.457. The number of para-hydroxylation sites is 2. The normalized spacial score (nSPS) is 12.9. The lowest BCUT2D eigenvalue weighted by molar-refractivity contribution is 0.669. The van der Waals surface area contributed by atoms with E-state index in [0.29, 0.717) is 0 Å². The van der Waals surface area contributed by atoms with Gasteiger partial charge in [0, 0.05) is 22.0 Å². The Morgan fingerprint density at radius 3 is 1.43 bits per heavy atom. The zero-order chi connectivity index (χ0) is 44.1. The first-order valence-electron chi connectivity index (χ1n) is 23.2. The molecule has 14 rings (SSSR count). The van der Waals surface area contributed by atoms with Crippen LogP contribution < -0.4 is 4.90 Å². The van der Waals surface area contributed by atoms with E-state index in [2.05, 4.69) is 248 Å². The second kappa shape index (κ2) is 14.7. The van der Waals surface area contributed by atoms with E-state index in [1.807, 2.05) is 6.07 Å². The number of rotatable bonds is 6. The van der Waals surface area contributed by atoms with Gasteiger partial charge in [0.1, 0.15) is 5.58 Å². The minimum Gasteiger partial charge on any atom is -0.454 e. The van der Waals surface area contributed by atoms with E-state index in [1.165, 1.54) is 83.1 Å². The third-order valence-electron chi connectivity index (χ3n) is 14.5. The highest BCUT2D eigenvalue weighted by Gasteiger charge is 2.52. The number of hydrogen-bond acceptors (Lipinski definition) is 2. The molecule has 0 unspecified atom stereocenters. The second-order valence-electron chi connectivity index (χ2n) is 17.9. The molecule has 1 spiro atoms. The Balaban J connectivity index is 0.892. The molecule has 0 fully saturated rings. The molecular weight excluding hydrogens is 811 g/mol. The second-order valence-corrected chi connectivity index (χ2v) is 17.9. The molecule has 0 aliphatic heterocycles. The van der Waals surface area contributed by atoms with Crippen molar-refractivity contribution < 1.29 is 4.42 Å². The van der Waals surface area contributed by atoms with E-state index in [1.54, 1.807) is 0 Å². The van der Waals surface area contributed by atoms with E-state index in [9.17, 15) is 0 Å². The molecule has 0 atom stereocenters. The molecule has 11 aromatic carbocycles. The Kier molecular flexibility index (Phi) is 8.23. The molecule has 0 radical (unpaired) electrons. The summed E-state index contributed by atoms with van der Waals surface area (Å²) in [4.78, 5) is 2.43. The average molecular weight is 852 g/mol. The first kappa shape index (κ1) is 37.6. The molecule has 0 saturated carbocycles. The highest BCUT2D eigenvalue weighted by molar-refractivity contribution is 6.11. The molecular formula is C65H41NO. The highest BCUT2D eigenvalue weighted by atomic mass is 16.3. The van der Waals surface area contributed by atoms with Crippen molar-refractivity contribution in [3.63, 3.8) is 0 Å². The van der Waals surface area contributed by atoms with E-state index in [4.69, 9.17) is 4.42 Å². The van der Waals surface area contributed by atoms with Gasteiger partial charge in [-0.1, -0.05) is 218 Å². The summed E-state index contributed by atoms with van der Waals surface area (Å²) in [5.41, 5.74) is 22.0. The number of nitrogens with zero attached hydrogens (tertiary/aromatic N) is 1. The predicted octanol–water partition coefficient (Wildman–Crippen LogP) is 17.6. The molecule has 0 saturated heterocycles. The van der Waals surface area contributed by atoms with Crippen LogP contribution in [0.1, 0.15) is 22.3 Å². The maximum Gasteiger partial charge on any atom is 0.159 e. The van der Waals surface area contributed by atoms with Gasteiger partial charge in [-0.15, -0.1) is 0 Å². The van der Waals surface area contributed by atoms with Gasteiger partial charge in [0.25, 0.3) is 0 Å². The van der Waals surface area contributed by atoms with Crippen molar-refractivity contribution in [3.8, 4) is 55.6 Å². The molecule has 0 amide bonds. The van der Waals surface area contributed by atoms with Crippen LogP contribution >= 0.6 is 0 Å². The fourth-order valence-corrected chi connectivity index (χ4v) is 11.6. The summed E-state index contributed by atoms with van der Waals surface area (Å²) in [6.45, 7) is 0. The molecule has 12 aromatic rings. The molecule has 2 nitrogen and oxygen atoms in total. The summed E-state index contributed by atoms with van der Waals surface area (Å²) >= 11 is 0. The Bertz CT molecular complexity index is 3860. The van der Waals surface area contributed by atoms with Crippen molar-refractivity contribution in [2.75, 3.05) is 4.90 Å². The topological polar surface area (TPSA) is 16.4 Å². The van der Waals surface area contributed by atoms with Crippen molar-refractivity contribution in [3.05, 3.63) is 271 Å². The van der Waals surface area contributed by atoms with Crippen molar-refractivity contribution in [1.82, 2.24) is 0 Å². The van der Waals surface area contributed by atoms with Crippen molar-refractivity contribution in [2.24, 2.45) is 0 Å². The Labute approximate surface area is 389 Å². The van der Waals surface area contributed by atoms with Gasteiger partial charge in [0.05, 0.1) is 16.8 Å². The maximum atomic E-state index is 6.83. The lowest BCUT2D eigenvalue weighted by Crippen LogP contribution is -2.26. The number of benzene rings is 11. The smallest absolute Gasteiger partial charge is 0.159 e. The van der Waals surface area contributed by atoms with Crippen LogP contribution in [0.2, 0.25) is 0 Å². The van der Waals surface area contributed by atoms with Crippen LogP contribution in [0.4, 0.5) is 17.1 Å². The monoisotopic (exact) mass is 851 g/mol. The van der Waals surface area contributed by atoms with Gasteiger partial charge in [0.15, 0.2) is 5.58 Å². The van der Waals surface area contributed by atoms with E-state index in [0.717, 1.165) is 44.6 Å². The van der Waals surface area contributed by atoms with Crippen LogP contribution in [0.15, 0.2) is 253 Å². The van der Waals surface area contributed by atoms with Gasteiger partial charge >= 0.3 is 0 Å². The van der Waals surface area contributed by atoms with Crippen molar-refractivity contribution in [1.29, 1.82) is 0 Å². The van der Waals surface area contributed by atoms with Crippen molar-refractivity contribution in [2.45, 2.75) is 5.41 Å². The number of hydrogen-bond donors (Lipinski definition) is 0. The minimum atomic E-state index is -0.457. The molecule has 0 N–H and O–H groups in total. The first-order valence-corrected chi connectivity index (χ1v) is 23.2. The molecule has 67 heavy (non-hydrogen) atoms. The van der Waals surface area contributed by atoms with Crippen LogP contribution in [-0.2, 0) is 5.41 Å². The number of fused-ring (bicyclic) bond motifs is 14. The zero-order valence-corrected chi connectivity index (χ0v) is 36.5. The van der Waals surface area contributed by atoms with Crippen LogP contribution in [0.5, 0.6) is 0 Å². The lowest BCUT2D eigenvalue weighted by Gasteiger charge is -2.31. The summed E-state index contributed by atoms with van der Waals surface area (Å²) in [6, 6.07) is 91.1. The summed E-state index contributed by atoms with van der Waals surface area (Å²) in [7, 11) is 0. The Morgan fingerprint density at radius 2 is 0.746 bits per heavy atom. The third kappa shape index (κ3) is 5.51. The third-order valence-corrected chi connectivity index (χ3v) is 14.5. The highest BCUT2D eigenvalue weighted by Crippen LogP contribution is 2.64. The average Bonchev–Trinajstić information content (AvgIpc) is 4.04. The lowest BCUT2D eigenvalue weighted by atomic mass is 9.70. The molecule has 1 aromatic heterocycles. The molecule has 0 bridgehead atoms. The molecule has 2 aliphatic carbocycles. The van der Waals surface area contributed by atoms with Gasteiger partial charge in [-0.05, 0) is 113 Å². The van der Waals surface area contributed by atoms with Gasteiger partial charge in [0.2, 0.25) is 0 Å². The summed E-state index contributed by atoms with van der Waals surface area (Å²) in [5, 5.41) is 4.74. The van der Waals surface area contributed by atoms with Crippen LogP contribution in [-0.4, -0.2) is 0 Å². The van der Waals surface area contributed by atoms with Crippen molar-refractivity contribution >= 4 is 49.8 Å². The summed E-state index contributed by atoms with van der Waals surface area (Å²) in [6.07, 6.45) is 0. The SMILES string of the molecule is c1ccc2c(c1)-c1ccccc1C21c2ccccc2-c2c(N(c3ccc(-c4ccc(-c5ccc(-c6cccc7ccccc67)cc5)cc4)cc3)c3cccc4c3oc3ccccc34)cccc21. The van der Waals surface area contributed by atoms with Gasteiger partial charge in [-0.25, -0.2) is 0 Å². The van der Waals surface area contributed by atoms with E-state index in [-0.39, 0.29) is 0 Å². The first-order chi connectivity index (χ1) is 33.2. The largest absolute Gasteiger partial charge is 0.454 e. The molecule has 1 heterocycles. The van der Waals surface area contributed by atoms with Crippen LogP contribution in [0, 0.1) is 0 Å². The van der Waals surface area contributed by atoms with Crippen LogP contribution in [0.3, 0.4) is 0 Å². The summed E-state index contributed by atoms with van der Waals surface area (Å²) < 4.78 is 6.83. The number of anilines is 3. The quantitative estimate of drug-likeness (QED) is 0.166. The molecule has 2 aliphatic rings. The van der Waals surface area contributed by atoms with Gasteiger partial charge in [-0.2, -0.15) is 0 Å². The number of furan rings is 1. The molecule has 2 heteroatoms. The fourth-order valence-electron chi connectivity index (χ4n) is 11.6. The summed E-state index contributed by atoms with van der Waals surface area (Å²) in [5.74, 6) is 0. The standard InChI is InChI=1S/C65H41NO/c1-2-16-49-46(14-1)15-11-21-50(49)47-36-34-44(35-37-47)42-30-32-43(33-31-42)45-38-40-48(41-39-45)66(61-28-12-22-54-53-19-6-10-29-62(53)67-64(54)61)60-27-13-26-59-63(60)55-20-5-9-25-58(55)65(59)56-23-7-3-17-51(56)52-18-4-8-24-57(52)65/h1-41H. The Hall–Kier alpha value is -8.72. The van der Waals surface area contributed by atoms with Crippen LogP contribution in [0.25, 0.3) is 88.3 Å². The zero-order valence-electron chi connectivity index (χ0n) is 36.5. The van der Waals surface area contributed by atoms with E-state index < -0.39 is 5.41 Å². The molecule has 312 valence electrons. The van der Waals surface area contributed by atoms with Gasteiger partial charge in [-0.3, -0.25) is 0 Å². The Morgan fingerprint density at radius 1 is 0.299 bits per heavy atom. The van der Waals surface area contributed by atoms with Gasteiger partial charge < -0.3 is 9.32 Å². The predicted molar refractivity (Wildman–Crippen MR) is 279 cm³/mol.